The molecule has 13 heteroatoms. The minimum absolute atomic E-state index is 0.0638. The summed E-state index contributed by atoms with van der Waals surface area (Å²) in [7, 11) is -3.61. The molecule has 0 spiro atoms. The number of anilines is 3. The molecule has 0 heterocycles. The number of ether oxygens (including phenoxy) is 1. The maximum Gasteiger partial charge on any atom is 0.446 e. The van der Waals surface area contributed by atoms with Crippen molar-refractivity contribution in [3.05, 3.63) is 72.3 Å². The second-order valence-corrected chi connectivity index (χ2v) is 10.7. The lowest BCUT2D eigenvalue weighted by Crippen LogP contribution is -2.19. The van der Waals surface area contributed by atoms with Crippen molar-refractivity contribution in [3.63, 3.8) is 0 Å². The van der Waals surface area contributed by atoms with Crippen LogP contribution in [0.25, 0.3) is 0 Å². The van der Waals surface area contributed by atoms with Crippen LogP contribution in [0.5, 0.6) is 11.5 Å². The fraction of sp³-hybridized carbons (Fsp3) is 0.208. The van der Waals surface area contributed by atoms with Gasteiger partial charge in [0.15, 0.2) is 0 Å². The number of carbonyl (C=O) groups excluding carboxylic acids is 1. The van der Waals surface area contributed by atoms with Crippen LogP contribution in [0.2, 0.25) is 0 Å². The van der Waals surface area contributed by atoms with Gasteiger partial charge in [0.2, 0.25) is 10.0 Å². The largest absolute Gasteiger partial charge is 0.506 e. The number of urea groups is 1. The lowest BCUT2D eigenvalue weighted by molar-refractivity contribution is -0.0328. The lowest BCUT2D eigenvalue weighted by Gasteiger charge is -2.11. The van der Waals surface area contributed by atoms with Crippen LogP contribution in [0.4, 0.5) is 35.0 Å². The van der Waals surface area contributed by atoms with Crippen molar-refractivity contribution >= 4 is 44.9 Å². The number of phenolic OH excluding ortho intramolecular Hbond substituents is 1. The number of halogens is 3. The zero-order chi connectivity index (χ0) is 27.1. The molecule has 0 saturated carbocycles. The Morgan fingerprint density at radius 2 is 1.59 bits per heavy atom. The molecule has 8 nitrogen and oxygen atoms in total. The van der Waals surface area contributed by atoms with Gasteiger partial charge in [-0.2, -0.15) is 13.2 Å². The van der Waals surface area contributed by atoms with E-state index < -0.39 is 21.6 Å². The Balaban J connectivity index is 1.43. The van der Waals surface area contributed by atoms with E-state index in [0.29, 0.717) is 30.9 Å². The zero-order valence-electron chi connectivity index (χ0n) is 19.5. The van der Waals surface area contributed by atoms with Crippen molar-refractivity contribution in [2.24, 2.45) is 0 Å². The molecule has 3 aromatic rings. The molecule has 0 aromatic heterocycles. The van der Waals surface area contributed by atoms with Crippen LogP contribution in [0, 0.1) is 0 Å². The summed E-state index contributed by atoms with van der Waals surface area (Å²) in [4.78, 5) is 12.4. The molecule has 0 atom stereocenters. The molecule has 3 rings (SSSR count). The van der Waals surface area contributed by atoms with Gasteiger partial charge in [-0.3, -0.25) is 4.72 Å². The second-order valence-electron chi connectivity index (χ2n) is 7.85. The second kappa shape index (κ2) is 12.1. The first kappa shape index (κ1) is 28.0. The van der Waals surface area contributed by atoms with E-state index in [-0.39, 0.29) is 33.8 Å². The van der Waals surface area contributed by atoms with Crippen molar-refractivity contribution in [1.82, 2.24) is 0 Å². The summed E-state index contributed by atoms with van der Waals surface area (Å²) in [5.41, 5.74) is -2.59. The average molecular weight is 556 g/mol. The van der Waals surface area contributed by atoms with Gasteiger partial charge in [-0.1, -0.05) is 12.1 Å². The number of benzene rings is 3. The molecule has 0 aliphatic heterocycles. The summed E-state index contributed by atoms with van der Waals surface area (Å²) >= 11 is -0.175. The number of phenols is 1. The summed E-state index contributed by atoms with van der Waals surface area (Å²) in [5, 5.41) is 15.0. The van der Waals surface area contributed by atoms with E-state index in [1.807, 2.05) is 12.1 Å². The molecule has 0 radical (unpaired) electrons. The van der Waals surface area contributed by atoms with Crippen LogP contribution in [-0.4, -0.2) is 37.9 Å². The number of aromatic hydroxyl groups is 1. The van der Waals surface area contributed by atoms with E-state index >= 15 is 0 Å². The molecular weight excluding hydrogens is 531 g/mol. The molecule has 3 aromatic carbocycles. The number of carbonyl (C=O) groups is 1. The van der Waals surface area contributed by atoms with Gasteiger partial charge in [0.05, 0.1) is 18.6 Å². The van der Waals surface area contributed by atoms with E-state index in [2.05, 4.69) is 15.4 Å². The Morgan fingerprint density at radius 1 is 0.973 bits per heavy atom. The SMILES string of the molecule is CS(=O)(=O)Nc1cc(NC(=O)Nc2ccc(CCCOc3ccc(SC(F)(F)F)cc3)cc2)ccc1O. The van der Waals surface area contributed by atoms with Crippen molar-refractivity contribution in [2.75, 3.05) is 28.2 Å². The van der Waals surface area contributed by atoms with Crippen molar-refractivity contribution in [2.45, 2.75) is 23.2 Å². The quantitative estimate of drug-likeness (QED) is 0.105. The number of hydrogen-bond donors (Lipinski definition) is 4. The lowest BCUT2D eigenvalue weighted by atomic mass is 10.1. The molecule has 0 bridgehead atoms. The Morgan fingerprint density at radius 3 is 2.22 bits per heavy atom. The predicted molar refractivity (Wildman–Crippen MR) is 138 cm³/mol. The Bertz CT molecular complexity index is 1320. The highest BCUT2D eigenvalue weighted by molar-refractivity contribution is 8.00. The van der Waals surface area contributed by atoms with Crippen molar-refractivity contribution in [3.8, 4) is 11.5 Å². The third-order valence-electron chi connectivity index (χ3n) is 4.70. The van der Waals surface area contributed by atoms with Crippen LogP contribution in [0.15, 0.2) is 71.6 Å². The summed E-state index contributed by atoms with van der Waals surface area (Å²) in [5.74, 6) is 0.209. The topological polar surface area (TPSA) is 117 Å². The van der Waals surface area contributed by atoms with Crippen LogP contribution in [-0.2, 0) is 16.4 Å². The molecule has 2 amide bonds. The third kappa shape index (κ3) is 10.1. The summed E-state index contributed by atoms with van der Waals surface area (Å²) in [6, 6.07) is 16.3. The Kier molecular flexibility index (Phi) is 9.16. The fourth-order valence-corrected chi connectivity index (χ4v) is 4.25. The molecule has 4 N–H and O–H groups in total. The van der Waals surface area contributed by atoms with Crippen molar-refractivity contribution < 1.29 is 36.2 Å². The van der Waals surface area contributed by atoms with Gasteiger partial charge < -0.3 is 20.5 Å². The van der Waals surface area contributed by atoms with E-state index in [4.69, 9.17) is 4.74 Å². The van der Waals surface area contributed by atoms with Gasteiger partial charge in [0.1, 0.15) is 11.5 Å². The molecule has 0 saturated heterocycles. The zero-order valence-corrected chi connectivity index (χ0v) is 21.1. The van der Waals surface area contributed by atoms with E-state index in [1.54, 1.807) is 12.1 Å². The van der Waals surface area contributed by atoms with Crippen molar-refractivity contribution in [1.29, 1.82) is 0 Å². The van der Waals surface area contributed by atoms with Gasteiger partial charge in [0, 0.05) is 16.3 Å². The number of alkyl halides is 3. The molecule has 0 aliphatic rings. The number of thioether (sulfide) groups is 1. The third-order valence-corrected chi connectivity index (χ3v) is 6.03. The summed E-state index contributed by atoms with van der Waals surface area (Å²) < 4.78 is 67.7. The van der Waals surface area contributed by atoms with E-state index in [9.17, 15) is 31.5 Å². The van der Waals surface area contributed by atoms with Gasteiger partial charge in [0.25, 0.3) is 0 Å². The van der Waals surface area contributed by atoms with Gasteiger partial charge in [-0.15, -0.1) is 0 Å². The fourth-order valence-electron chi connectivity index (χ4n) is 3.15. The smallest absolute Gasteiger partial charge is 0.446 e. The van der Waals surface area contributed by atoms with Crippen LogP contribution in [0.1, 0.15) is 12.0 Å². The van der Waals surface area contributed by atoms with Crippen LogP contribution >= 0.6 is 11.8 Å². The molecule has 0 unspecified atom stereocenters. The molecular formula is C24H24F3N3O5S2. The monoisotopic (exact) mass is 555 g/mol. The predicted octanol–water partition coefficient (Wildman–Crippen LogP) is 6.03. The first-order chi connectivity index (χ1) is 17.4. The maximum absolute atomic E-state index is 12.4. The molecule has 0 fully saturated rings. The average Bonchev–Trinajstić information content (AvgIpc) is 2.79. The number of rotatable bonds is 10. The first-order valence-corrected chi connectivity index (χ1v) is 13.5. The van der Waals surface area contributed by atoms with E-state index in [1.165, 1.54) is 42.5 Å². The highest BCUT2D eigenvalue weighted by Crippen LogP contribution is 2.37. The Labute approximate surface area is 216 Å². The number of nitrogens with one attached hydrogen (secondary N) is 3. The standard InChI is InChI=1S/C24H24F3N3O5S2/c1-37(33,34)30-21-15-18(8-13-22(21)31)29-23(32)28-17-6-4-16(5-7-17)3-2-14-35-19-9-11-20(12-10-19)36-24(25,26)27/h4-13,15,30-31H,2-3,14H2,1H3,(H2,28,29,32). The highest BCUT2D eigenvalue weighted by Gasteiger charge is 2.29. The highest BCUT2D eigenvalue weighted by atomic mass is 32.2. The normalized spacial score (nSPS) is 11.6. The molecule has 198 valence electrons. The molecule has 37 heavy (non-hydrogen) atoms. The number of amides is 2. The van der Waals surface area contributed by atoms with E-state index in [0.717, 1.165) is 11.8 Å². The number of aryl methyl sites for hydroxylation is 1. The molecule has 0 aliphatic carbocycles. The summed E-state index contributed by atoms with van der Waals surface area (Å²) in [6.45, 7) is 0.386. The van der Waals surface area contributed by atoms with Gasteiger partial charge in [-0.25, -0.2) is 13.2 Å². The summed E-state index contributed by atoms with van der Waals surface area (Å²) in [6.07, 6.45) is 2.31. The number of hydrogen-bond acceptors (Lipinski definition) is 6. The number of sulfonamides is 1. The first-order valence-electron chi connectivity index (χ1n) is 10.8. The Hall–Kier alpha value is -3.58. The van der Waals surface area contributed by atoms with Crippen LogP contribution in [0.3, 0.4) is 0 Å². The van der Waals surface area contributed by atoms with Gasteiger partial charge >= 0.3 is 11.5 Å². The van der Waals surface area contributed by atoms with Gasteiger partial charge in [-0.05, 0) is 84.8 Å². The van der Waals surface area contributed by atoms with Crippen LogP contribution < -0.4 is 20.1 Å². The maximum atomic E-state index is 12.4. The minimum atomic E-state index is -4.33. The minimum Gasteiger partial charge on any atom is -0.506 e.